The fourth-order valence-corrected chi connectivity index (χ4v) is 2.44. The van der Waals surface area contributed by atoms with Crippen molar-refractivity contribution < 1.29 is 4.79 Å². The van der Waals surface area contributed by atoms with Gasteiger partial charge in [0.2, 0.25) is 0 Å². The lowest BCUT2D eigenvalue weighted by molar-refractivity contribution is 0.0993. The molecule has 1 nitrogen and oxygen atoms in total. The van der Waals surface area contributed by atoms with Crippen LogP contribution in [-0.2, 0) is 6.42 Å². The van der Waals surface area contributed by atoms with Gasteiger partial charge in [-0.2, -0.15) is 0 Å². The molecule has 4 heteroatoms. The van der Waals surface area contributed by atoms with E-state index in [4.69, 9.17) is 34.8 Å². The van der Waals surface area contributed by atoms with E-state index in [1.807, 2.05) is 13.0 Å². The van der Waals surface area contributed by atoms with Crippen LogP contribution in [-0.4, -0.2) is 5.78 Å². The standard InChI is InChI=1S/C15H11Cl3O/c1-9-5-6-10(7-14(9)18)15(19)8-11-12(16)3-2-4-13(11)17/h2-7H,8H2,1H3. The maximum atomic E-state index is 12.2. The molecule has 0 N–H and O–H groups in total. The average Bonchev–Trinajstić information content (AvgIpc) is 2.37. The van der Waals surface area contributed by atoms with Crippen LogP contribution in [0.3, 0.4) is 0 Å². The summed E-state index contributed by atoms with van der Waals surface area (Å²) < 4.78 is 0. The number of ketones is 1. The molecule has 0 radical (unpaired) electrons. The van der Waals surface area contributed by atoms with Crippen molar-refractivity contribution in [3.8, 4) is 0 Å². The molecule has 19 heavy (non-hydrogen) atoms. The third kappa shape index (κ3) is 3.30. The molecule has 0 fully saturated rings. The number of hydrogen-bond acceptors (Lipinski definition) is 1. The van der Waals surface area contributed by atoms with E-state index in [0.717, 1.165) is 5.56 Å². The number of benzene rings is 2. The lowest BCUT2D eigenvalue weighted by Crippen LogP contribution is -2.04. The lowest BCUT2D eigenvalue weighted by Gasteiger charge is -2.07. The Morgan fingerprint density at radius 3 is 2.21 bits per heavy atom. The predicted molar refractivity (Wildman–Crippen MR) is 80.7 cm³/mol. The number of Topliss-reactive ketones (excluding diaryl/α,β-unsaturated/α-hetero) is 1. The zero-order valence-electron chi connectivity index (χ0n) is 10.2. The zero-order chi connectivity index (χ0) is 14.0. The lowest BCUT2D eigenvalue weighted by atomic mass is 10.0. The first-order valence-electron chi connectivity index (χ1n) is 5.71. The summed E-state index contributed by atoms with van der Waals surface area (Å²) in [6.45, 7) is 1.89. The monoisotopic (exact) mass is 312 g/mol. The molecular formula is C15H11Cl3O. The summed E-state index contributed by atoms with van der Waals surface area (Å²) in [5.41, 5.74) is 2.15. The third-order valence-corrected chi connectivity index (χ3v) is 4.01. The third-order valence-electron chi connectivity index (χ3n) is 2.89. The molecule has 0 amide bonds. The summed E-state index contributed by atoms with van der Waals surface area (Å²) in [6.07, 6.45) is 0.165. The molecule has 2 aromatic rings. The molecule has 0 atom stereocenters. The molecule has 0 spiro atoms. The molecule has 2 aromatic carbocycles. The van der Waals surface area contributed by atoms with Crippen molar-refractivity contribution >= 4 is 40.6 Å². The summed E-state index contributed by atoms with van der Waals surface area (Å²) in [7, 11) is 0. The molecule has 0 heterocycles. The second kappa shape index (κ2) is 5.96. The van der Waals surface area contributed by atoms with Crippen LogP contribution in [0.15, 0.2) is 36.4 Å². The van der Waals surface area contributed by atoms with Crippen LogP contribution in [0, 0.1) is 6.92 Å². The first-order valence-corrected chi connectivity index (χ1v) is 6.84. The van der Waals surface area contributed by atoms with Gasteiger partial charge < -0.3 is 0 Å². The maximum Gasteiger partial charge on any atom is 0.167 e. The van der Waals surface area contributed by atoms with E-state index in [2.05, 4.69) is 0 Å². The molecular weight excluding hydrogens is 303 g/mol. The Bertz CT molecular complexity index is 615. The highest BCUT2D eigenvalue weighted by atomic mass is 35.5. The molecule has 0 unspecified atom stereocenters. The summed E-state index contributed by atoms with van der Waals surface area (Å²) in [5.74, 6) is -0.0584. The molecule has 0 aromatic heterocycles. The van der Waals surface area contributed by atoms with Gasteiger partial charge in [0.1, 0.15) is 0 Å². The van der Waals surface area contributed by atoms with Gasteiger partial charge in [-0.15, -0.1) is 0 Å². The molecule has 2 rings (SSSR count). The van der Waals surface area contributed by atoms with Crippen LogP contribution in [0.25, 0.3) is 0 Å². The largest absolute Gasteiger partial charge is 0.294 e. The highest BCUT2D eigenvalue weighted by molar-refractivity contribution is 6.36. The SMILES string of the molecule is Cc1ccc(C(=O)Cc2c(Cl)cccc2Cl)cc1Cl. The van der Waals surface area contributed by atoms with Gasteiger partial charge in [-0.25, -0.2) is 0 Å². The number of carbonyl (C=O) groups excluding carboxylic acids is 1. The highest BCUT2D eigenvalue weighted by Gasteiger charge is 2.13. The molecule has 0 aliphatic heterocycles. The quantitative estimate of drug-likeness (QED) is 0.695. The van der Waals surface area contributed by atoms with Gasteiger partial charge in [-0.05, 0) is 36.2 Å². The van der Waals surface area contributed by atoms with E-state index in [1.165, 1.54) is 0 Å². The minimum Gasteiger partial charge on any atom is -0.294 e. The van der Waals surface area contributed by atoms with Gasteiger partial charge in [0.05, 0.1) is 0 Å². The predicted octanol–water partition coefficient (Wildman–Crippen LogP) is 5.38. The topological polar surface area (TPSA) is 17.1 Å². The Morgan fingerprint density at radius 1 is 1.00 bits per heavy atom. The van der Waals surface area contributed by atoms with Crippen LogP contribution in [0.2, 0.25) is 15.1 Å². The van der Waals surface area contributed by atoms with Crippen molar-refractivity contribution in [2.75, 3.05) is 0 Å². The first-order chi connectivity index (χ1) is 8.99. The zero-order valence-corrected chi connectivity index (χ0v) is 12.5. The van der Waals surface area contributed by atoms with Gasteiger partial charge >= 0.3 is 0 Å². The second-order valence-corrected chi connectivity index (χ2v) is 5.49. The molecule has 0 aliphatic rings. The van der Waals surface area contributed by atoms with E-state index >= 15 is 0 Å². The van der Waals surface area contributed by atoms with Crippen molar-refractivity contribution in [3.63, 3.8) is 0 Å². The van der Waals surface area contributed by atoms with E-state index in [1.54, 1.807) is 30.3 Å². The number of aryl methyl sites for hydroxylation is 1. The van der Waals surface area contributed by atoms with Gasteiger partial charge in [-0.3, -0.25) is 4.79 Å². The Labute approximate surface area is 127 Å². The van der Waals surface area contributed by atoms with Gasteiger partial charge in [-0.1, -0.05) is 53.0 Å². The maximum absolute atomic E-state index is 12.2. The fourth-order valence-electron chi connectivity index (χ4n) is 1.73. The van der Waals surface area contributed by atoms with Gasteiger partial charge in [0.15, 0.2) is 5.78 Å². The Kier molecular flexibility index (Phi) is 4.51. The van der Waals surface area contributed by atoms with Crippen molar-refractivity contribution in [1.29, 1.82) is 0 Å². The Balaban J connectivity index is 2.28. The molecule has 0 aliphatic carbocycles. The molecule has 0 bridgehead atoms. The van der Waals surface area contributed by atoms with Gasteiger partial charge in [0.25, 0.3) is 0 Å². The normalized spacial score (nSPS) is 10.5. The van der Waals surface area contributed by atoms with E-state index in [-0.39, 0.29) is 12.2 Å². The summed E-state index contributed by atoms with van der Waals surface area (Å²) in [4.78, 5) is 12.2. The van der Waals surface area contributed by atoms with Crippen molar-refractivity contribution in [2.45, 2.75) is 13.3 Å². The summed E-state index contributed by atoms with van der Waals surface area (Å²) in [6, 6.07) is 10.4. The fraction of sp³-hybridized carbons (Fsp3) is 0.133. The number of carbonyl (C=O) groups is 1. The molecule has 0 saturated carbocycles. The van der Waals surface area contributed by atoms with E-state index in [0.29, 0.717) is 26.2 Å². The minimum absolute atomic E-state index is 0.0584. The minimum atomic E-state index is -0.0584. The second-order valence-electron chi connectivity index (χ2n) is 4.26. The highest BCUT2D eigenvalue weighted by Crippen LogP contribution is 2.26. The number of halogens is 3. The first kappa shape index (κ1) is 14.4. The Hall–Kier alpha value is -1.02. The van der Waals surface area contributed by atoms with Crippen molar-refractivity contribution in [1.82, 2.24) is 0 Å². The van der Waals surface area contributed by atoms with Crippen molar-refractivity contribution in [2.24, 2.45) is 0 Å². The summed E-state index contributed by atoms with van der Waals surface area (Å²) >= 11 is 18.1. The smallest absolute Gasteiger partial charge is 0.167 e. The van der Waals surface area contributed by atoms with Gasteiger partial charge in [0, 0.05) is 27.1 Å². The number of rotatable bonds is 3. The van der Waals surface area contributed by atoms with Crippen LogP contribution >= 0.6 is 34.8 Å². The Morgan fingerprint density at radius 2 is 1.63 bits per heavy atom. The average molecular weight is 314 g/mol. The van der Waals surface area contributed by atoms with E-state index in [9.17, 15) is 4.79 Å². The molecule has 98 valence electrons. The van der Waals surface area contributed by atoms with Crippen LogP contribution in [0.4, 0.5) is 0 Å². The molecule has 0 saturated heterocycles. The van der Waals surface area contributed by atoms with Crippen LogP contribution in [0.5, 0.6) is 0 Å². The van der Waals surface area contributed by atoms with E-state index < -0.39 is 0 Å². The van der Waals surface area contributed by atoms with Crippen molar-refractivity contribution in [3.05, 3.63) is 68.2 Å². The van der Waals surface area contributed by atoms with Crippen LogP contribution in [0.1, 0.15) is 21.5 Å². The van der Waals surface area contributed by atoms with Crippen LogP contribution < -0.4 is 0 Å². The summed E-state index contributed by atoms with van der Waals surface area (Å²) in [5, 5.41) is 1.58. The number of hydrogen-bond donors (Lipinski definition) is 0.